The quantitative estimate of drug-likeness (QED) is 0.133. The minimum Gasteiger partial charge on any atom is -0.474 e. The molecule has 0 amide bonds. The molecule has 0 saturated heterocycles. The third-order valence-corrected chi connectivity index (χ3v) is 12.6. The fourth-order valence-corrected chi connectivity index (χ4v) is 7.98. The van der Waals surface area contributed by atoms with Crippen LogP contribution < -0.4 is 5.38 Å². The van der Waals surface area contributed by atoms with Gasteiger partial charge in [-0.2, -0.15) is 0 Å². The molecule has 5 nitrogen and oxygen atoms in total. The SMILES string of the molecule is CCCCCCCCCCCCC(=O)C(O)C(OC(C)=O)c1coc([Si](CC)(CC)CC)c1. The van der Waals surface area contributed by atoms with E-state index >= 15 is 0 Å². The number of ketones is 1. The van der Waals surface area contributed by atoms with E-state index in [0.717, 1.165) is 42.8 Å². The van der Waals surface area contributed by atoms with Crippen molar-refractivity contribution >= 4 is 25.2 Å². The van der Waals surface area contributed by atoms with E-state index in [-0.39, 0.29) is 5.78 Å². The summed E-state index contributed by atoms with van der Waals surface area (Å²) in [6, 6.07) is 5.09. The fourth-order valence-electron chi connectivity index (χ4n) is 4.65. The molecule has 0 radical (unpaired) electrons. The van der Waals surface area contributed by atoms with Crippen molar-refractivity contribution in [1.29, 1.82) is 0 Å². The summed E-state index contributed by atoms with van der Waals surface area (Å²) in [7, 11) is -1.74. The van der Waals surface area contributed by atoms with Gasteiger partial charge >= 0.3 is 5.97 Å². The fraction of sp³-hybridized carbons (Fsp3) is 0.778. The summed E-state index contributed by atoms with van der Waals surface area (Å²) in [6.07, 6.45) is 11.4. The zero-order chi connectivity index (χ0) is 24.7. The molecule has 33 heavy (non-hydrogen) atoms. The first kappa shape index (κ1) is 29.6. The summed E-state index contributed by atoms with van der Waals surface area (Å²) in [5, 5.41) is 11.7. The second-order valence-corrected chi connectivity index (χ2v) is 14.6. The molecule has 6 heteroatoms. The van der Waals surface area contributed by atoms with E-state index in [1.54, 1.807) is 6.26 Å². The van der Waals surface area contributed by atoms with Gasteiger partial charge in [-0.1, -0.05) is 104 Å². The second-order valence-electron chi connectivity index (χ2n) is 9.46. The van der Waals surface area contributed by atoms with Crippen LogP contribution in [0.25, 0.3) is 0 Å². The first-order valence-electron chi connectivity index (χ1n) is 13.3. The van der Waals surface area contributed by atoms with Crippen LogP contribution in [-0.4, -0.2) is 31.0 Å². The Morgan fingerprint density at radius 3 is 1.91 bits per heavy atom. The van der Waals surface area contributed by atoms with Crippen molar-refractivity contribution in [2.45, 2.75) is 136 Å². The van der Waals surface area contributed by atoms with E-state index < -0.39 is 26.3 Å². The van der Waals surface area contributed by atoms with Crippen LogP contribution in [0.5, 0.6) is 0 Å². The number of aliphatic hydroxyl groups excluding tert-OH is 1. The van der Waals surface area contributed by atoms with Gasteiger partial charge in [0.05, 0.1) is 11.6 Å². The summed E-state index contributed by atoms with van der Waals surface area (Å²) in [5.74, 6) is -0.785. The van der Waals surface area contributed by atoms with E-state index in [4.69, 9.17) is 9.15 Å². The van der Waals surface area contributed by atoms with E-state index in [1.807, 2.05) is 6.07 Å². The van der Waals surface area contributed by atoms with Crippen LogP contribution in [0.4, 0.5) is 0 Å². The van der Waals surface area contributed by atoms with E-state index in [9.17, 15) is 14.7 Å². The van der Waals surface area contributed by atoms with Crippen LogP contribution >= 0.6 is 0 Å². The predicted octanol–water partition coefficient (Wildman–Crippen LogP) is 6.84. The number of unbranched alkanes of at least 4 members (excludes halogenated alkanes) is 9. The molecule has 0 aliphatic rings. The Balaban J connectivity index is 2.60. The highest BCUT2D eigenvalue weighted by Gasteiger charge is 2.36. The molecule has 0 aliphatic carbocycles. The van der Waals surface area contributed by atoms with Crippen LogP contribution in [0.3, 0.4) is 0 Å². The molecular formula is C27H48O5Si. The van der Waals surface area contributed by atoms with Crippen molar-refractivity contribution in [2.75, 3.05) is 0 Å². The molecule has 0 aliphatic heterocycles. The molecular weight excluding hydrogens is 432 g/mol. The van der Waals surface area contributed by atoms with Gasteiger partial charge in [0.1, 0.15) is 8.07 Å². The predicted molar refractivity (Wildman–Crippen MR) is 138 cm³/mol. The smallest absolute Gasteiger partial charge is 0.303 e. The normalized spacial score (nSPS) is 13.6. The highest BCUT2D eigenvalue weighted by Crippen LogP contribution is 2.27. The molecule has 1 aromatic rings. The number of hydrogen-bond donors (Lipinski definition) is 1. The minimum absolute atomic E-state index is 0.270. The number of hydrogen-bond acceptors (Lipinski definition) is 5. The molecule has 0 aromatic carbocycles. The zero-order valence-corrected chi connectivity index (χ0v) is 22.8. The number of aliphatic hydroxyl groups is 1. The first-order valence-corrected chi connectivity index (χ1v) is 15.9. The van der Waals surface area contributed by atoms with Gasteiger partial charge in [0.2, 0.25) is 0 Å². The van der Waals surface area contributed by atoms with Gasteiger partial charge in [0.15, 0.2) is 18.0 Å². The highest BCUT2D eigenvalue weighted by atomic mass is 28.3. The van der Waals surface area contributed by atoms with Crippen LogP contribution in [0, 0.1) is 0 Å². The van der Waals surface area contributed by atoms with Crippen molar-refractivity contribution in [2.24, 2.45) is 0 Å². The Morgan fingerprint density at radius 1 is 0.909 bits per heavy atom. The van der Waals surface area contributed by atoms with E-state index in [0.29, 0.717) is 12.0 Å². The van der Waals surface area contributed by atoms with Gasteiger partial charge in [-0.25, -0.2) is 0 Å². The van der Waals surface area contributed by atoms with Crippen LogP contribution in [0.2, 0.25) is 18.1 Å². The maximum atomic E-state index is 12.7. The monoisotopic (exact) mass is 480 g/mol. The Morgan fingerprint density at radius 2 is 1.42 bits per heavy atom. The highest BCUT2D eigenvalue weighted by molar-refractivity contribution is 6.90. The number of esters is 1. The van der Waals surface area contributed by atoms with Crippen molar-refractivity contribution in [1.82, 2.24) is 0 Å². The van der Waals surface area contributed by atoms with Gasteiger partial charge in [0, 0.05) is 18.9 Å². The maximum absolute atomic E-state index is 12.7. The Labute approximate surface area is 202 Å². The van der Waals surface area contributed by atoms with Gasteiger partial charge in [-0.3, -0.25) is 9.59 Å². The average Bonchev–Trinajstić information content (AvgIpc) is 3.30. The van der Waals surface area contributed by atoms with Crippen molar-refractivity contribution < 1.29 is 23.8 Å². The molecule has 190 valence electrons. The molecule has 0 spiro atoms. The number of carbonyl (C=O) groups is 2. The largest absolute Gasteiger partial charge is 0.474 e. The Kier molecular flexibility index (Phi) is 14.6. The lowest BCUT2D eigenvalue weighted by molar-refractivity contribution is -0.156. The molecule has 2 unspecified atom stereocenters. The minimum atomic E-state index is -1.74. The molecule has 1 heterocycles. The molecule has 0 saturated carbocycles. The first-order chi connectivity index (χ1) is 15.8. The lowest BCUT2D eigenvalue weighted by Crippen LogP contribution is -2.45. The van der Waals surface area contributed by atoms with Gasteiger partial charge in [0.25, 0.3) is 0 Å². The van der Waals surface area contributed by atoms with Crippen molar-refractivity contribution in [3.63, 3.8) is 0 Å². The molecule has 1 N–H and O–H groups in total. The summed E-state index contributed by atoms with van der Waals surface area (Å²) >= 11 is 0. The van der Waals surface area contributed by atoms with Crippen LogP contribution in [0.1, 0.15) is 117 Å². The summed E-state index contributed by atoms with van der Waals surface area (Å²) < 4.78 is 11.3. The maximum Gasteiger partial charge on any atom is 0.303 e. The number of Topliss-reactive ketones (excluding diaryl/α,β-unsaturated/α-hetero) is 1. The lowest BCUT2D eigenvalue weighted by Gasteiger charge is -2.25. The summed E-state index contributed by atoms with van der Waals surface area (Å²) in [4.78, 5) is 24.4. The topological polar surface area (TPSA) is 76.7 Å². The summed E-state index contributed by atoms with van der Waals surface area (Å²) in [6.45, 7) is 10.1. The van der Waals surface area contributed by atoms with Gasteiger partial charge < -0.3 is 14.3 Å². The standard InChI is InChI=1S/C27H48O5Si/c1-6-10-11-12-13-14-15-16-17-18-19-24(29)26(30)27(32-22(5)28)23-20-25(31-21-23)33(7-2,8-3)9-4/h20-21,26-27,30H,6-19H2,1-5H3. The lowest BCUT2D eigenvalue weighted by atomic mass is 9.99. The molecule has 1 aromatic heterocycles. The third-order valence-electron chi connectivity index (χ3n) is 7.19. The van der Waals surface area contributed by atoms with Crippen LogP contribution in [0.15, 0.2) is 16.7 Å². The number of rotatable bonds is 19. The average molecular weight is 481 g/mol. The van der Waals surface area contributed by atoms with Crippen molar-refractivity contribution in [3.8, 4) is 0 Å². The number of carbonyl (C=O) groups excluding carboxylic acids is 2. The zero-order valence-electron chi connectivity index (χ0n) is 21.8. The Bertz CT molecular complexity index is 672. The van der Waals surface area contributed by atoms with Crippen LogP contribution in [-0.2, 0) is 14.3 Å². The molecule has 2 atom stereocenters. The van der Waals surface area contributed by atoms with Gasteiger partial charge in [-0.15, -0.1) is 0 Å². The van der Waals surface area contributed by atoms with E-state index in [1.165, 1.54) is 51.9 Å². The third kappa shape index (κ3) is 9.77. The number of furan rings is 1. The molecule has 0 bridgehead atoms. The summed E-state index contributed by atoms with van der Waals surface area (Å²) in [5.41, 5.74) is 0.580. The Hall–Kier alpha value is -1.40. The molecule has 0 fully saturated rings. The molecule has 1 rings (SSSR count). The second kappa shape index (κ2) is 16.3. The van der Waals surface area contributed by atoms with Crippen molar-refractivity contribution in [3.05, 3.63) is 17.9 Å². The van der Waals surface area contributed by atoms with Gasteiger partial charge in [-0.05, 0) is 12.5 Å². The van der Waals surface area contributed by atoms with E-state index in [2.05, 4.69) is 27.7 Å². The number of ether oxygens (including phenoxy) is 1.